The minimum Gasteiger partial charge on any atom is -0.312 e. The summed E-state index contributed by atoms with van der Waals surface area (Å²) < 4.78 is 0. The van der Waals surface area contributed by atoms with Gasteiger partial charge < -0.3 is 4.90 Å². The molecular formula is C16H17N5O2. The quantitative estimate of drug-likeness (QED) is 0.807. The van der Waals surface area contributed by atoms with E-state index < -0.39 is 0 Å². The zero-order valence-corrected chi connectivity index (χ0v) is 12.6. The average Bonchev–Trinajstić information content (AvgIpc) is 3.16. The lowest BCUT2D eigenvalue weighted by Gasteiger charge is -2.25. The predicted octanol–water partition coefficient (Wildman–Crippen LogP) is 1.58. The van der Waals surface area contributed by atoms with Crippen LogP contribution in [0.25, 0.3) is 5.69 Å². The van der Waals surface area contributed by atoms with Crippen molar-refractivity contribution in [3.05, 3.63) is 42.2 Å². The van der Waals surface area contributed by atoms with Crippen LogP contribution >= 0.6 is 0 Å². The molecule has 1 aromatic heterocycles. The van der Waals surface area contributed by atoms with E-state index in [1.165, 1.54) is 9.70 Å². The highest BCUT2D eigenvalue weighted by Crippen LogP contribution is 2.27. The molecule has 0 saturated carbocycles. The zero-order valence-electron chi connectivity index (χ0n) is 12.6. The van der Waals surface area contributed by atoms with E-state index in [2.05, 4.69) is 10.2 Å². The maximum atomic E-state index is 12.4. The first-order valence-electron chi connectivity index (χ1n) is 7.82. The Labute approximate surface area is 133 Å². The molecule has 0 bridgehead atoms. The lowest BCUT2D eigenvalue weighted by Crippen LogP contribution is -2.38. The van der Waals surface area contributed by atoms with Gasteiger partial charge in [0.1, 0.15) is 11.7 Å². The fourth-order valence-corrected chi connectivity index (χ4v) is 3.21. The first-order valence-corrected chi connectivity index (χ1v) is 7.82. The Balaban J connectivity index is 1.53. The first-order chi connectivity index (χ1) is 11.2. The summed E-state index contributed by atoms with van der Waals surface area (Å²) >= 11 is 0. The molecule has 2 aliphatic heterocycles. The number of para-hydroxylation sites is 1. The molecule has 2 saturated heterocycles. The smallest absolute Gasteiger partial charge is 0.312 e. The molecule has 4 rings (SSSR count). The molecule has 0 spiro atoms. The van der Waals surface area contributed by atoms with E-state index in [1.807, 2.05) is 30.3 Å². The number of benzene rings is 1. The fraction of sp³-hybridized carbons (Fsp3) is 0.375. The number of piperidine rings is 1. The summed E-state index contributed by atoms with van der Waals surface area (Å²) in [5.74, 6) is -0.107. The second-order valence-corrected chi connectivity index (χ2v) is 5.87. The number of carbonyl (C=O) groups is 2. The van der Waals surface area contributed by atoms with Crippen molar-refractivity contribution in [3.8, 4) is 5.69 Å². The van der Waals surface area contributed by atoms with Crippen molar-refractivity contribution >= 4 is 11.9 Å². The Morgan fingerprint density at radius 2 is 1.96 bits per heavy atom. The van der Waals surface area contributed by atoms with Gasteiger partial charge in [0.15, 0.2) is 0 Å². The van der Waals surface area contributed by atoms with Gasteiger partial charge in [-0.25, -0.2) is 4.79 Å². The van der Waals surface area contributed by atoms with Crippen LogP contribution in [0.15, 0.2) is 36.5 Å². The Bertz CT molecular complexity index is 718. The van der Waals surface area contributed by atoms with Gasteiger partial charge >= 0.3 is 6.03 Å². The van der Waals surface area contributed by atoms with Crippen LogP contribution in [-0.2, 0) is 11.3 Å². The molecule has 3 heterocycles. The maximum absolute atomic E-state index is 12.4. The molecule has 0 radical (unpaired) electrons. The van der Waals surface area contributed by atoms with Crippen LogP contribution in [0.5, 0.6) is 0 Å². The van der Waals surface area contributed by atoms with E-state index in [1.54, 1.807) is 11.1 Å². The van der Waals surface area contributed by atoms with Crippen LogP contribution in [-0.4, -0.2) is 49.3 Å². The van der Waals surface area contributed by atoms with E-state index in [9.17, 15) is 9.59 Å². The van der Waals surface area contributed by atoms with Crippen molar-refractivity contribution in [1.82, 2.24) is 24.8 Å². The van der Waals surface area contributed by atoms with E-state index in [0.29, 0.717) is 12.2 Å². The monoisotopic (exact) mass is 311 g/mol. The van der Waals surface area contributed by atoms with Gasteiger partial charge in [0.05, 0.1) is 18.4 Å². The number of fused-ring (bicyclic) bond motifs is 1. The normalized spacial score (nSPS) is 21.0. The second-order valence-electron chi connectivity index (χ2n) is 5.87. The second kappa shape index (κ2) is 5.49. The lowest BCUT2D eigenvalue weighted by atomic mass is 10.0. The number of amides is 3. The van der Waals surface area contributed by atoms with Gasteiger partial charge in [-0.3, -0.25) is 9.69 Å². The molecule has 3 amide bonds. The summed E-state index contributed by atoms with van der Waals surface area (Å²) in [4.78, 5) is 29.3. The number of hydrogen-bond acceptors (Lipinski definition) is 4. The molecular weight excluding hydrogens is 294 g/mol. The minimum absolute atomic E-state index is 0.107. The summed E-state index contributed by atoms with van der Waals surface area (Å²) in [6, 6.07) is 9.06. The van der Waals surface area contributed by atoms with E-state index in [0.717, 1.165) is 24.9 Å². The summed E-state index contributed by atoms with van der Waals surface area (Å²) in [7, 11) is 0. The lowest BCUT2D eigenvalue weighted by molar-refractivity contribution is -0.129. The summed E-state index contributed by atoms with van der Waals surface area (Å²) in [6.45, 7) is 0.847. The molecule has 2 aromatic rings. The van der Waals surface area contributed by atoms with Gasteiger partial charge in [0.2, 0.25) is 0 Å². The third-order valence-corrected chi connectivity index (χ3v) is 4.38. The number of urea groups is 1. The number of carbonyl (C=O) groups excluding carboxylic acids is 2. The van der Waals surface area contributed by atoms with Crippen LogP contribution in [0, 0.1) is 0 Å². The number of nitrogens with zero attached hydrogens (tertiary/aromatic N) is 5. The number of aromatic nitrogens is 3. The van der Waals surface area contributed by atoms with E-state index in [4.69, 9.17) is 0 Å². The third-order valence-electron chi connectivity index (χ3n) is 4.38. The van der Waals surface area contributed by atoms with Gasteiger partial charge in [-0.2, -0.15) is 15.0 Å². The van der Waals surface area contributed by atoms with Crippen molar-refractivity contribution in [2.45, 2.75) is 31.8 Å². The van der Waals surface area contributed by atoms with Gasteiger partial charge in [0, 0.05) is 6.54 Å². The summed E-state index contributed by atoms with van der Waals surface area (Å²) in [5, 5.41) is 8.58. The molecule has 1 atom stereocenters. The highest BCUT2D eigenvalue weighted by atomic mass is 16.2. The summed E-state index contributed by atoms with van der Waals surface area (Å²) in [5.41, 5.74) is 1.45. The predicted molar refractivity (Wildman–Crippen MR) is 81.7 cm³/mol. The molecule has 2 aliphatic rings. The Hall–Kier alpha value is -2.70. The van der Waals surface area contributed by atoms with Crippen molar-refractivity contribution in [1.29, 1.82) is 0 Å². The zero-order chi connectivity index (χ0) is 15.8. The van der Waals surface area contributed by atoms with Crippen molar-refractivity contribution in [3.63, 3.8) is 0 Å². The van der Waals surface area contributed by atoms with Crippen LogP contribution in [0.4, 0.5) is 4.79 Å². The molecule has 118 valence electrons. The number of hydrogen-bond donors (Lipinski definition) is 0. The van der Waals surface area contributed by atoms with E-state index >= 15 is 0 Å². The molecule has 0 N–H and O–H groups in total. The van der Waals surface area contributed by atoms with Crippen LogP contribution < -0.4 is 0 Å². The van der Waals surface area contributed by atoms with Gasteiger partial charge in [-0.05, 0) is 31.4 Å². The van der Waals surface area contributed by atoms with Gasteiger partial charge in [-0.15, -0.1) is 0 Å². The van der Waals surface area contributed by atoms with Crippen LogP contribution in [0.1, 0.15) is 25.0 Å². The third kappa shape index (κ3) is 2.38. The maximum Gasteiger partial charge on any atom is 0.327 e. The molecule has 7 nitrogen and oxygen atoms in total. The Kier molecular flexibility index (Phi) is 3.33. The number of imide groups is 1. The van der Waals surface area contributed by atoms with Gasteiger partial charge in [-0.1, -0.05) is 18.2 Å². The van der Waals surface area contributed by atoms with Crippen molar-refractivity contribution in [2.75, 3.05) is 6.54 Å². The fourth-order valence-electron chi connectivity index (χ4n) is 3.21. The minimum atomic E-state index is -0.277. The first kappa shape index (κ1) is 13.9. The van der Waals surface area contributed by atoms with E-state index in [-0.39, 0.29) is 24.5 Å². The topological polar surface area (TPSA) is 71.3 Å². The average molecular weight is 311 g/mol. The van der Waals surface area contributed by atoms with Crippen molar-refractivity contribution < 1.29 is 9.59 Å². The highest BCUT2D eigenvalue weighted by molar-refractivity contribution is 6.04. The Morgan fingerprint density at radius 3 is 2.74 bits per heavy atom. The SMILES string of the molecule is O=C1C2CCCCN2C(=O)N1Cc1cnn(-c2ccccc2)n1. The molecule has 23 heavy (non-hydrogen) atoms. The van der Waals surface area contributed by atoms with Crippen LogP contribution in [0.2, 0.25) is 0 Å². The molecule has 0 aliphatic carbocycles. The molecule has 7 heteroatoms. The molecule has 1 aromatic carbocycles. The van der Waals surface area contributed by atoms with Crippen LogP contribution in [0.3, 0.4) is 0 Å². The Morgan fingerprint density at radius 1 is 1.13 bits per heavy atom. The van der Waals surface area contributed by atoms with Gasteiger partial charge in [0.25, 0.3) is 5.91 Å². The highest BCUT2D eigenvalue weighted by Gasteiger charge is 2.45. The molecule has 2 fully saturated rings. The summed E-state index contributed by atoms with van der Waals surface area (Å²) in [6.07, 6.45) is 4.33. The largest absolute Gasteiger partial charge is 0.327 e. The van der Waals surface area contributed by atoms with Crippen molar-refractivity contribution in [2.24, 2.45) is 0 Å². The number of rotatable bonds is 3. The molecule has 1 unspecified atom stereocenters. The standard InChI is InChI=1S/C16H17N5O2/c22-15-14-8-4-5-9-19(14)16(23)20(15)11-12-10-17-21(18-12)13-6-2-1-3-7-13/h1-3,6-7,10,14H,4-5,8-9,11H2.